The summed E-state index contributed by atoms with van der Waals surface area (Å²) in [7, 11) is 1.05. The first-order valence-electron chi connectivity index (χ1n) is 3.57. The number of aliphatic hydroxyl groups is 1. The Bertz CT molecular complexity index is 132. The summed E-state index contributed by atoms with van der Waals surface area (Å²) in [6.45, 7) is 1.77. The summed E-state index contributed by atoms with van der Waals surface area (Å²) in [5.41, 5.74) is 0. The van der Waals surface area contributed by atoms with Gasteiger partial charge in [-0.1, -0.05) is 12.1 Å². The van der Waals surface area contributed by atoms with Gasteiger partial charge in [0.05, 0.1) is 0 Å². The van der Waals surface area contributed by atoms with E-state index in [4.69, 9.17) is 5.11 Å². The Labute approximate surface area is 64.4 Å². The topological polar surface area (TPSA) is 37.3 Å². The molecule has 0 aliphatic heterocycles. The fourth-order valence-corrected chi connectivity index (χ4v) is 1.24. The lowest BCUT2D eigenvalue weighted by molar-refractivity contribution is -0.122. The Morgan fingerprint density at radius 3 is 2.80 bits per heavy atom. The average Bonchev–Trinajstić information content (AvgIpc) is 1.89. The van der Waals surface area contributed by atoms with E-state index in [0.29, 0.717) is 6.42 Å². The number of ketones is 1. The number of carbonyl (C=O) groups excluding carboxylic acids is 1. The van der Waals surface area contributed by atoms with Crippen LogP contribution >= 0.6 is 0 Å². The van der Waals surface area contributed by atoms with E-state index < -0.39 is 6.10 Å². The van der Waals surface area contributed by atoms with Gasteiger partial charge in [0, 0.05) is 10.2 Å². The van der Waals surface area contributed by atoms with Crippen LogP contribution in [0.3, 0.4) is 0 Å². The van der Waals surface area contributed by atoms with Crippen molar-refractivity contribution in [2.45, 2.75) is 25.5 Å². The van der Waals surface area contributed by atoms with Crippen LogP contribution in [0.4, 0.5) is 0 Å². The SMILES string of the molecule is CC=CC(=O)C(O)CC[SiH3]. The van der Waals surface area contributed by atoms with Crippen LogP contribution in [-0.2, 0) is 4.79 Å². The molecular formula is C7H14O2Si. The van der Waals surface area contributed by atoms with Crippen molar-refractivity contribution in [2.24, 2.45) is 0 Å². The Morgan fingerprint density at radius 2 is 2.40 bits per heavy atom. The van der Waals surface area contributed by atoms with E-state index in [0.717, 1.165) is 16.3 Å². The molecule has 0 aliphatic carbocycles. The molecule has 0 heterocycles. The van der Waals surface area contributed by atoms with Crippen molar-refractivity contribution in [2.75, 3.05) is 0 Å². The molecule has 0 spiro atoms. The van der Waals surface area contributed by atoms with Gasteiger partial charge in [-0.3, -0.25) is 4.79 Å². The largest absolute Gasteiger partial charge is 0.385 e. The molecule has 0 saturated heterocycles. The minimum atomic E-state index is -0.756. The zero-order chi connectivity index (χ0) is 7.98. The monoisotopic (exact) mass is 158 g/mol. The third-order valence-corrected chi connectivity index (χ3v) is 1.80. The normalized spacial score (nSPS) is 14.2. The van der Waals surface area contributed by atoms with Gasteiger partial charge in [0.15, 0.2) is 5.78 Å². The van der Waals surface area contributed by atoms with E-state index in [9.17, 15) is 4.79 Å². The van der Waals surface area contributed by atoms with Crippen LogP contribution < -0.4 is 0 Å². The highest BCUT2D eigenvalue weighted by Crippen LogP contribution is 1.96. The fourth-order valence-electron chi connectivity index (χ4n) is 0.691. The molecule has 0 bridgehead atoms. The lowest BCUT2D eigenvalue weighted by atomic mass is 10.2. The van der Waals surface area contributed by atoms with Crippen LogP contribution in [0.15, 0.2) is 12.2 Å². The summed E-state index contributed by atoms with van der Waals surface area (Å²) in [6, 6.07) is 0.977. The van der Waals surface area contributed by atoms with Gasteiger partial charge in [-0.15, -0.1) is 0 Å². The van der Waals surface area contributed by atoms with Crippen molar-refractivity contribution < 1.29 is 9.90 Å². The van der Waals surface area contributed by atoms with Crippen molar-refractivity contribution in [3.05, 3.63) is 12.2 Å². The van der Waals surface area contributed by atoms with E-state index in [2.05, 4.69) is 0 Å². The van der Waals surface area contributed by atoms with E-state index >= 15 is 0 Å². The van der Waals surface area contributed by atoms with Crippen LogP contribution in [-0.4, -0.2) is 27.2 Å². The number of hydrogen-bond donors (Lipinski definition) is 1. The predicted molar refractivity (Wildman–Crippen MR) is 45.2 cm³/mol. The maximum Gasteiger partial charge on any atom is 0.183 e. The van der Waals surface area contributed by atoms with E-state index in [1.165, 1.54) is 6.08 Å². The lowest BCUT2D eigenvalue weighted by Crippen LogP contribution is -2.17. The highest BCUT2D eigenvalue weighted by molar-refractivity contribution is 6.08. The minimum absolute atomic E-state index is 0.168. The molecule has 1 atom stereocenters. The van der Waals surface area contributed by atoms with Crippen molar-refractivity contribution in [1.29, 1.82) is 0 Å². The molecule has 1 unspecified atom stereocenters. The highest BCUT2D eigenvalue weighted by atomic mass is 28.1. The summed E-state index contributed by atoms with van der Waals surface area (Å²) in [5.74, 6) is -0.168. The van der Waals surface area contributed by atoms with Gasteiger partial charge in [0.2, 0.25) is 0 Å². The van der Waals surface area contributed by atoms with Gasteiger partial charge in [0.25, 0.3) is 0 Å². The van der Waals surface area contributed by atoms with Crippen molar-refractivity contribution in [3.8, 4) is 0 Å². The summed E-state index contributed by atoms with van der Waals surface area (Å²) in [6.07, 6.45) is 2.93. The first kappa shape index (κ1) is 9.59. The predicted octanol–water partition coefficient (Wildman–Crippen LogP) is -0.334. The third-order valence-electron chi connectivity index (χ3n) is 1.22. The maximum atomic E-state index is 10.8. The summed E-state index contributed by atoms with van der Waals surface area (Å²) in [4.78, 5) is 10.8. The average molecular weight is 158 g/mol. The highest BCUT2D eigenvalue weighted by Gasteiger charge is 2.08. The molecule has 0 aromatic rings. The second-order valence-corrected chi connectivity index (χ2v) is 3.21. The molecule has 0 fully saturated rings. The zero-order valence-corrected chi connectivity index (χ0v) is 8.50. The Kier molecular flexibility index (Phi) is 5.16. The Morgan fingerprint density at radius 1 is 1.80 bits per heavy atom. The fraction of sp³-hybridized carbons (Fsp3) is 0.571. The van der Waals surface area contributed by atoms with Crippen molar-refractivity contribution in [3.63, 3.8) is 0 Å². The van der Waals surface area contributed by atoms with Crippen molar-refractivity contribution in [1.82, 2.24) is 0 Å². The molecule has 0 radical (unpaired) electrons. The summed E-state index contributed by atoms with van der Waals surface area (Å²) >= 11 is 0. The molecule has 0 aliphatic rings. The standard InChI is InChI=1S/C7H14O2Si/c1-2-3-6(8)7(9)4-5-10/h2-3,7,9H,4-5H2,1,10H3. The molecule has 3 heteroatoms. The quantitative estimate of drug-likeness (QED) is 0.449. The van der Waals surface area contributed by atoms with Gasteiger partial charge in [-0.25, -0.2) is 0 Å². The van der Waals surface area contributed by atoms with Crippen molar-refractivity contribution >= 4 is 16.0 Å². The van der Waals surface area contributed by atoms with Crippen LogP contribution in [0.25, 0.3) is 0 Å². The molecule has 10 heavy (non-hydrogen) atoms. The molecule has 1 N–H and O–H groups in total. The molecule has 58 valence electrons. The molecule has 0 aromatic heterocycles. The number of aliphatic hydroxyl groups excluding tert-OH is 1. The Hall–Kier alpha value is -0.413. The molecule has 0 rings (SSSR count). The third kappa shape index (κ3) is 3.58. The second kappa shape index (κ2) is 5.38. The Balaban J connectivity index is 3.70. The first-order chi connectivity index (χ1) is 4.72. The molecule has 2 nitrogen and oxygen atoms in total. The molecular weight excluding hydrogens is 144 g/mol. The second-order valence-electron chi connectivity index (χ2n) is 2.21. The van der Waals surface area contributed by atoms with E-state index in [1.54, 1.807) is 13.0 Å². The van der Waals surface area contributed by atoms with Gasteiger partial charge < -0.3 is 5.11 Å². The number of allylic oxidation sites excluding steroid dienone is 1. The molecule has 0 saturated carbocycles. The molecule has 0 aromatic carbocycles. The summed E-state index contributed by atoms with van der Waals surface area (Å²) in [5, 5.41) is 9.07. The molecule has 0 amide bonds. The van der Waals surface area contributed by atoms with Gasteiger partial charge in [-0.2, -0.15) is 0 Å². The number of rotatable bonds is 4. The summed E-state index contributed by atoms with van der Waals surface area (Å²) < 4.78 is 0. The van der Waals surface area contributed by atoms with Gasteiger partial charge in [0.1, 0.15) is 6.10 Å². The van der Waals surface area contributed by atoms with Crippen LogP contribution in [0.2, 0.25) is 6.04 Å². The van der Waals surface area contributed by atoms with Gasteiger partial charge >= 0.3 is 0 Å². The zero-order valence-electron chi connectivity index (χ0n) is 6.50. The minimum Gasteiger partial charge on any atom is -0.385 e. The van der Waals surface area contributed by atoms with Gasteiger partial charge in [-0.05, 0) is 19.4 Å². The first-order valence-corrected chi connectivity index (χ1v) is 4.98. The number of carbonyl (C=O) groups is 1. The van der Waals surface area contributed by atoms with Crippen LogP contribution in [0, 0.1) is 0 Å². The number of hydrogen-bond acceptors (Lipinski definition) is 2. The maximum absolute atomic E-state index is 10.8. The smallest absolute Gasteiger partial charge is 0.183 e. The van der Waals surface area contributed by atoms with Crippen LogP contribution in [0.1, 0.15) is 13.3 Å². The van der Waals surface area contributed by atoms with Crippen LogP contribution in [0.5, 0.6) is 0 Å². The van der Waals surface area contributed by atoms with E-state index in [-0.39, 0.29) is 5.78 Å². The van der Waals surface area contributed by atoms with E-state index in [1.807, 2.05) is 0 Å². The lowest BCUT2D eigenvalue weighted by Gasteiger charge is -2.02.